The second kappa shape index (κ2) is 17.8. The molecule has 0 aromatic carbocycles. The van der Waals surface area contributed by atoms with Crippen LogP contribution in [0.15, 0.2) is 41.5 Å². The first-order valence-corrected chi connectivity index (χ1v) is 18.0. The van der Waals surface area contributed by atoms with Gasteiger partial charge in [-0.3, -0.25) is 9.36 Å². The van der Waals surface area contributed by atoms with E-state index in [2.05, 4.69) is 46.4 Å². The fraction of sp³-hybridized carbons (Fsp3) is 0.333. The van der Waals surface area contributed by atoms with E-state index in [9.17, 15) is 9.59 Å². The van der Waals surface area contributed by atoms with Gasteiger partial charge in [-0.2, -0.15) is 16.3 Å². The minimum absolute atomic E-state index is 0. The Morgan fingerprint density at radius 2 is 1.41 bits per heavy atom. The summed E-state index contributed by atoms with van der Waals surface area (Å²) in [4.78, 5) is 41.3. The summed E-state index contributed by atoms with van der Waals surface area (Å²) >= 11 is 3.25. The number of halogens is 1. The number of esters is 1. The van der Waals surface area contributed by atoms with Crippen LogP contribution in [0.3, 0.4) is 0 Å². The number of imidazole rings is 2. The molecule has 0 amide bonds. The van der Waals surface area contributed by atoms with Gasteiger partial charge >= 0.3 is 35.5 Å². The number of carbonyl (C=O) groups excluding carboxylic acids is 2. The molecular formula is C36H43BrN14NaO4-. The molecule has 18 nitrogen and oxygen atoms in total. The molecule has 0 bridgehead atoms. The minimum Gasteiger partial charge on any atom is -0.870 e. The molecule has 20 heteroatoms. The zero-order chi connectivity index (χ0) is 39.0. The predicted octanol–water partition coefficient (Wildman–Crippen LogP) is 2.21. The second-order valence-corrected chi connectivity index (χ2v) is 13.4. The van der Waals surface area contributed by atoms with E-state index in [0.717, 1.165) is 49.0 Å². The van der Waals surface area contributed by atoms with Crippen molar-refractivity contribution in [2.45, 2.75) is 47.7 Å². The number of anilines is 3. The molecular weight excluding hydrogens is 795 g/mol. The molecule has 0 aliphatic heterocycles. The molecule has 4 N–H and O–H groups in total. The van der Waals surface area contributed by atoms with E-state index in [1.807, 2.05) is 103 Å². The molecule has 0 saturated heterocycles. The molecule has 0 radical (unpaired) electrons. The summed E-state index contributed by atoms with van der Waals surface area (Å²) < 4.78 is 17.1. The van der Waals surface area contributed by atoms with E-state index in [-0.39, 0.29) is 41.0 Å². The largest absolute Gasteiger partial charge is 1.00 e. The Hall–Kier alpha value is -5.08. The Morgan fingerprint density at radius 3 is 1.93 bits per heavy atom. The maximum absolute atomic E-state index is 12.1. The minimum atomic E-state index is -0.355. The number of rotatable bonds is 7. The van der Waals surface area contributed by atoms with E-state index in [4.69, 9.17) is 15.5 Å². The van der Waals surface area contributed by atoms with E-state index in [1.54, 1.807) is 30.3 Å². The first-order chi connectivity index (χ1) is 25.8. The van der Waals surface area contributed by atoms with Gasteiger partial charge in [0, 0.05) is 70.4 Å². The molecule has 0 aliphatic rings. The van der Waals surface area contributed by atoms with Gasteiger partial charge in [-0.25, -0.2) is 24.7 Å². The molecule has 0 atom stereocenters. The summed E-state index contributed by atoms with van der Waals surface area (Å²) in [5, 5.41) is 13.5. The van der Waals surface area contributed by atoms with Crippen molar-refractivity contribution in [2.24, 2.45) is 28.2 Å². The van der Waals surface area contributed by atoms with Gasteiger partial charge in [-0.15, -0.1) is 0 Å². The molecule has 0 aliphatic carbocycles. The number of aryl methyl sites for hydroxylation is 8. The van der Waals surface area contributed by atoms with E-state index >= 15 is 0 Å². The number of nitrogens with one attached hydrogen (secondary N) is 1. The predicted molar refractivity (Wildman–Crippen MR) is 213 cm³/mol. The van der Waals surface area contributed by atoms with Crippen LogP contribution in [0.2, 0.25) is 0 Å². The maximum atomic E-state index is 12.1. The molecule has 56 heavy (non-hydrogen) atoms. The average Bonchev–Trinajstić information content (AvgIpc) is 3.98. The number of pyridine rings is 2. The number of ether oxygens (including phenoxy) is 1. The van der Waals surface area contributed by atoms with Crippen LogP contribution in [0.5, 0.6) is 0 Å². The summed E-state index contributed by atoms with van der Waals surface area (Å²) in [6.07, 6.45) is 5.43. The Morgan fingerprint density at radius 1 is 0.839 bits per heavy atom. The van der Waals surface area contributed by atoms with Crippen molar-refractivity contribution in [3.8, 4) is 0 Å². The average molecular weight is 839 g/mol. The summed E-state index contributed by atoms with van der Waals surface area (Å²) in [5.74, 6) is 1.33. The van der Waals surface area contributed by atoms with Crippen LogP contribution < -0.4 is 40.6 Å². The number of fused-ring (bicyclic) bond motifs is 6. The van der Waals surface area contributed by atoms with Gasteiger partial charge in [0.25, 0.3) is 0 Å². The second-order valence-electron chi connectivity index (χ2n) is 12.6. The zero-order valence-electron chi connectivity index (χ0n) is 33.1. The van der Waals surface area contributed by atoms with Gasteiger partial charge in [0.05, 0.1) is 30.3 Å². The number of nitrogens with zero attached hydrogens (tertiary/aromatic N) is 12. The molecule has 290 valence electrons. The zero-order valence-corrected chi connectivity index (χ0v) is 36.7. The topological polar surface area (TPSA) is 218 Å². The molecule has 8 aromatic rings. The van der Waals surface area contributed by atoms with Gasteiger partial charge in [0.15, 0.2) is 17.5 Å². The molecule has 0 spiro atoms. The molecule has 8 heterocycles. The maximum Gasteiger partial charge on any atom is 1.00 e. The quantitative estimate of drug-likeness (QED) is 0.134. The SMILES string of the molecule is CCOC(=O)c1cc2c3c(ncn3C)c(N)nc2n1CC.CCn1c([C-]=O)cc2c3c(ncn3C)c(Nc3cc(C)n(C)n3)nc21.Cc1cc(Br)nn1C.[Na+].[OH-]. The van der Waals surface area contributed by atoms with E-state index < -0.39 is 0 Å². The van der Waals surface area contributed by atoms with Gasteiger partial charge in [-0.05, 0) is 68.1 Å². The first-order valence-electron chi connectivity index (χ1n) is 17.2. The van der Waals surface area contributed by atoms with Crippen LogP contribution >= 0.6 is 15.9 Å². The van der Waals surface area contributed by atoms with Crippen LogP contribution in [0.25, 0.3) is 44.1 Å². The van der Waals surface area contributed by atoms with Crippen LogP contribution in [0.4, 0.5) is 17.5 Å². The Kier molecular flexibility index (Phi) is 13.9. The fourth-order valence-corrected chi connectivity index (χ4v) is 6.86. The molecule has 8 aromatic heterocycles. The van der Waals surface area contributed by atoms with Gasteiger partial charge in [0.1, 0.15) is 32.6 Å². The Bertz CT molecular complexity index is 2640. The summed E-state index contributed by atoms with van der Waals surface area (Å²) in [5.41, 5.74) is 13.7. The van der Waals surface area contributed by atoms with Crippen molar-refractivity contribution in [3.05, 3.63) is 64.3 Å². The third-order valence-corrected chi connectivity index (χ3v) is 9.49. The summed E-state index contributed by atoms with van der Waals surface area (Å²) in [6, 6.07) is 7.54. The smallest absolute Gasteiger partial charge is 0.870 e. The van der Waals surface area contributed by atoms with Crippen molar-refractivity contribution in [2.75, 3.05) is 17.7 Å². The Labute approximate surface area is 352 Å². The molecule has 0 unspecified atom stereocenters. The number of aromatic nitrogens is 12. The van der Waals surface area contributed by atoms with Gasteiger partial charge in [-0.1, -0.05) is 5.69 Å². The third kappa shape index (κ3) is 8.08. The Balaban J connectivity index is 0.000000204. The summed E-state index contributed by atoms with van der Waals surface area (Å²) in [6.45, 7) is 11.3. The first kappa shape index (κ1) is 43.6. The van der Waals surface area contributed by atoms with Crippen LogP contribution in [0, 0.1) is 13.8 Å². The number of hydrogen-bond donors (Lipinski definition) is 2. The van der Waals surface area contributed by atoms with Crippen molar-refractivity contribution in [1.29, 1.82) is 0 Å². The van der Waals surface area contributed by atoms with Crippen LogP contribution in [-0.4, -0.2) is 82.1 Å². The monoisotopic (exact) mass is 837 g/mol. The van der Waals surface area contributed by atoms with Crippen molar-refractivity contribution in [1.82, 2.24) is 57.8 Å². The third-order valence-electron chi connectivity index (χ3n) is 9.10. The van der Waals surface area contributed by atoms with Crippen molar-refractivity contribution < 1.29 is 49.4 Å². The van der Waals surface area contributed by atoms with Crippen LogP contribution in [-0.2, 0) is 50.8 Å². The van der Waals surface area contributed by atoms with E-state index in [0.29, 0.717) is 59.7 Å². The number of hydrogen-bond acceptors (Lipinski definition) is 12. The number of carbonyl (C=O) groups is 1. The molecule has 8 rings (SSSR count). The van der Waals surface area contributed by atoms with Gasteiger partial charge < -0.3 is 44.3 Å². The normalized spacial score (nSPS) is 10.8. The van der Waals surface area contributed by atoms with Crippen LogP contribution in [0.1, 0.15) is 48.3 Å². The number of nitrogens with two attached hydrogens (primary N) is 1. The molecule has 0 fully saturated rings. The standard InChI is InChI=1S/C17H18N7O.C14H17N5O2.C5H7BrN2.Na.H2O/c1-5-24-11(8-25)7-12-15-14(18-9-22(15)3)16(20-17(12)24)19-13-6-10(2)23(4)21-13;1-4-19-9(14(20)21-5-2)6-8-11-10(16-7-18(11)3)12(15)17-13(8)19;1-4-3-5(6)7-8(4)2;;/h6-7,9H,5H2,1-4H3,(H,19,20,21);6-7H,4-5H2,1-3H3,(H2,15,17);3H,1-2H3;;1H2/q-1;;;+1;/p-1. The van der Waals surface area contributed by atoms with Crippen molar-refractivity contribution >= 4 is 89.8 Å². The molecule has 0 saturated carbocycles. The van der Waals surface area contributed by atoms with E-state index in [1.165, 1.54) is 0 Å². The summed E-state index contributed by atoms with van der Waals surface area (Å²) in [7, 11) is 7.63. The van der Waals surface area contributed by atoms with Crippen molar-refractivity contribution in [3.63, 3.8) is 0 Å². The number of nitrogen functional groups attached to an aromatic ring is 1. The van der Waals surface area contributed by atoms with Gasteiger partial charge in [0.2, 0.25) is 0 Å². The fourth-order valence-electron chi connectivity index (χ4n) is 6.30.